The number of carbonyl (C=O) groups is 1. The van der Waals surface area contributed by atoms with Gasteiger partial charge in [0.15, 0.2) is 5.43 Å². The molecule has 0 fully saturated rings. The number of hydrogen-bond acceptors (Lipinski definition) is 3. The second-order valence-corrected chi connectivity index (χ2v) is 4.28. The third-order valence-electron chi connectivity index (χ3n) is 2.04. The molecule has 0 spiro atoms. The zero-order valence-corrected chi connectivity index (χ0v) is 9.03. The van der Waals surface area contributed by atoms with E-state index >= 15 is 0 Å². The largest absolute Gasteiger partial charge is 0.477 e. The van der Waals surface area contributed by atoms with Crippen LogP contribution in [0.25, 0.3) is 10.4 Å². The van der Waals surface area contributed by atoms with Crippen molar-refractivity contribution in [3.05, 3.63) is 57.6 Å². The Balaban J connectivity index is 2.58. The Kier molecular flexibility index (Phi) is 2.83. The molecule has 16 heavy (non-hydrogen) atoms. The smallest absolute Gasteiger partial charge is 0.346 e. The zero-order chi connectivity index (χ0) is 11.5. The maximum Gasteiger partial charge on any atom is 0.346 e. The Morgan fingerprint density at radius 3 is 2.44 bits per heavy atom. The lowest BCUT2D eigenvalue weighted by molar-refractivity contribution is 0.0702. The molecule has 0 aliphatic rings. The minimum atomic E-state index is -1.07. The summed E-state index contributed by atoms with van der Waals surface area (Å²) in [7, 11) is 0. The summed E-state index contributed by atoms with van der Waals surface area (Å²) < 4.78 is 0. The predicted molar refractivity (Wildman–Crippen MR) is 63.0 cm³/mol. The summed E-state index contributed by atoms with van der Waals surface area (Å²) in [5.41, 5.74) is 0.572. The Labute approximate surface area is 95.6 Å². The highest BCUT2D eigenvalue weighted by molar-refractivity contribution is 7.16. The average Bonchev–Trinajstić information content (AvgIpc) is 2.29. The highest BCUT2D eigenvalue weighted by Crippen LogP contribution is 2.24. The van der Waals surface area contributed by atoms with Crippen LogP contribution in [-0.2, 0) is 0 Å². The molecule has 1 aromatic carbocycles. The van der Waals surface area contributed by atoms with Crippen LogP contribution in [-0.4, -0.2) is 11.1 Å². The minimum absolute atomic E-state index is 0.0614. The van der Waals surface area contributed by atoms with E-state index in [4.69, 9.17) is 5.11 Å². The number of aromatic carboxylic acids is 1. The highest BCUT2D eigenvalue weighted by Gasteiger charge is 2.08. The van der Waals surface area contributed by atoms with Gasteiger partial charge in [-0.1, -0.05) is 30.3 Å². The van der Waals surface area contributed by atoms with Crippen molar-refractivity contribution in [2.75, 3.05) is 0 Å². The summed E-state index contributed by atoms with van der Waals surface area (Å²) in [6.45, 7) is 0. The van der Waals surface area contributed by atoms with E-state index in [1.807, 2.05) is 30.3 Å². The van der Waals surface area contributed by atoms with Crippen LogP contribution in [0.15, 0.2) is 47.3 Å². The molecule has 0 saturated heterocycles. The molecular formula is C12H8O3S. The minimum Gasteiger partial charge on any atom is -0.477 e. The molecule has 1 N–H and O–H groups in total. The van der Waals surface area contributed by atoms with E-state index in [2.05, 4.69) is 0 Å². The van der Waals surface area contributed by atoms with E-state index in [1.165, 1.54) is 6.07 Å². The Morgan fingerprint density at radius 2 is 1.81 bits per heavy atom. The maximum atomic E-state index is 11.3. The van der Waals surface area contributed by atoms with Crippen molar-refractivity contribution in [1.82, 2.24) is 0 Å². The van der Waals surface area contributed by atoms with E-state index < -0.39 is 5.97 Å². The van der Waals surface area contributed by atoms with Gasteiger partial charge in [-0.2, -0.15) is 0 Å². The second-order valence-electron chi connectivity index (χ2n) is 3.19. The molecule has 2 aromatic rings. The van der Waals surface area contributed by atoms with E-state index in [-0.39, 0.29) is 10.3 Å². The monoisotopic (exact) mass is 232 g/mol. The predicted octanol–water partition coefficient (Wildman–Crippen LogP) is 2.47. The number of carboxylic acids is 1. The Bertz CT molecular complexity index is 572. The quantitative estimate of drug-likeness (QED) is 0.865. The van der Waals surface area contributed by atoms with Crippen LogP contribution in [0.5, 0.6) is 0 Å². The van der Waals surface area contributed by atoms with Crippen molar-refractivity contribution in [1.29, 1.82) is 0 Å². The van der Waals surface area contributed by atoms with Crippen LogP contribution in [0.4, 0.5) is 0 Å². The molecule has 2 rings (SSSR count). The Hall–Kier alpha value is -1.94. The van der Waals surface area contributed by atoms with Crippen LogP contribution in [0.1, 0.15) is 9.67 Å². The summed E-state index contributed by atoms with van der Waals surface area (Å²) in [5.74, 6) is -1.07. The second kappa shape index (κ2) is 4.28. The standard InChI is InChI=1S/C12H8O3S/c13-9-6-10(8-4-2-1-3-5-8)16-11(7-9)12(14)15/h1-7H,(H,14,15). The summed E-state index contributed by atoms with van der Waals surface area (Å²) in [6.07, 6.45) is 0. The molecule has 0 aliphatic carbocycles. The molecule has 4 heteroatoms. The van der Waals surface area contributed by atoms with Gasteiger partial charge >= 0.3 is 5.97 Å². The van der Waals surface area contributed by atoms with E-state index in [0.717, 1.165) is 23.0 Å². The molecule has 0 bridgehead atoms. The lowest BCUT2D eigenvalue weighted by Crippen LogP contribution is -2.03. The SMILES string of the molecule is O=C(O)c1cc(=O)cc(-c2ccccc2)s1. The first-order chi connectivity index (χ1) is 7.66. The van der Waals surface area contributed by atoms with Gasteiger partial charge in [0.25, 0.3) is 0 Å². The molecule has 0 radical (unpaired) electrons. The van der Waals surface area contributed by atoms with Gasteiger partial charge in [-0.25, -0.2) is 4.79 Å². The zero-order valence-electron chi connectivity index (χ0n) is 8.21. The third kappa shape index (κ3) is 2.17. The molecule has 0 saturated carbocycles. The fourth-order valence-corrected chi connectivity index (χ4v) is 2.26. The van der Waals surface area contributed by atoms with Gasteiger partial charge in [0.1, 0.15) is 4.88 Å². The normalized spacial score (nSPS) is 10.0. The first-order valence-electron chi connectivity index (χ1n) is 4.61. The van der Waals surface area contributed by atoms with Crippen LogP contribution in [0.2, 0.25) is 0 Å². The van der Waals surface area contributed by atoms with Gasteiger partial charge in [-0.15, -0.1) is 11.3 Å². The summed E-state index contributed by atoms with van der Waals surface area (Å²) in [4.78, 5) is 22.9. The number of hydrogen-bond donors (Lipinski definition) is 1. The van der Waals surface area contributed by atoms with Crippen molar-refractivity contribution in [3.8, 4) is 10.4 Å². The fourth-order valence-electron chi connectivity index (χ4n) is 1.33. The number of carboxylic acid groups (broad SMARTS) is 1. The van der Waals surface area contributed by atoms with E-state index in [0.29, 0.717) is 4.88 Å². The summed E-state index contributed by atoms with van der Waals surface area (Å²) >= 11 is 1.10. The first-order valence-corrected chi connectivity index (χ1v) is 5.42. The summed E-state index contributed by atoms with van der Waals surface area (Å²) in [6, 6.07) is 11.8. The van der Waals surface area contributed by atoms with Gasteiger partial charge in [0, 0.05) is 17.0 Å². The molecule has 3 nitrogen and oxygen atoms in total. The molecule has 1 heterocycles. The highest BCUT2D eigenvalue weighted by atomic mass is 32.1. The lowest BCUT2D eigenvalue weighted by atomic mass is 10.2. The van der Waals surface area contributed by atoms with Crippen molar-refractivity contribution in [2.24, 2.45) is 0 Å². The van der Waals surface area contributed by atoms with Gasteiger partial charge in [-0.05, 0) is 5.56 Å². The molecule has 0 amide bonds. The lowest BCUT2D eigenvalue weighted by Gasteiger charge is -2.00. The molecule has 0 atom stereocenters. The van der Waals surface area contributed by atoms with Crippen LogP contribution < -0.4 is 5.43 Å². The fraction of sp³-hybridized carbons (Fsp3) is 0. The van der Waals surface area contributed by atoms with Crippen molar-refractivity contribution in [2.45, 2.75) is 0 Å². The summed E-state index contributed by atoms with van der Waals surface area (Å²) in [5, 5.41) is 8.85. The van der Waals surface area contributed by atoms with E-state index in [9.17, 15) is 9.59 Å². The average molecular weight is 232 g/mol. The van der Waals surface area contributed by atoms with Crippen LogP contribution in [0, 0.1) is 0 Å². The third-order valence-corrected chi connectivity index (χ3v) is 3.12. The molecular weight excluding hydrogens is 224 g/mol. The van der Waals surface area contributed by atoms with Gasteiger partial charge < -0.3 is 5.11 Å². The molecule has 0 aliphatic heterocycles. The first kappa shape index (κ1) is 10.6. The molecule has 0 unspecified atom stereocenters. The van der Waals surface area contributed by atoms with Gasteiger partial charge in [0.05, 0.1) is 0 Å². The topological polar surface area (TPSA) is 54.4 Å². The molecule has 1 aromatic heterocycles. The number of benzene rings is 1. The Morgan fingerprint density at radius 1 is 1.12 bits per heavy atom. The van der Waals surface area contributed by atoms with Crippen molar-refractivity contribution >= 4 is 17.3 Å². The van der Waals surface area contributed by atoms with Gasteiger partial charge in [-0.3, -0.25) is 4.79 Å². The van der Waals surface area contributed by atoms with Crippen molar-refractivity contribution < 1.29 is 9.90 Å². The maximum absolute atomic E-state index is 11.3. The molecule has 80 valence electrons. The number of rotatable bonds is 2. The van der Waals surface area contributed by atoms with E-state index in [1.54, 1.807) is 0 Å². The van der Waals surface area contributed by atoms with Crippen LogP contribution >= 0.6 is 11.3 Å². The van der Waals surface area contributed by atoms with Crippen LogP contribution in [0.3, 0.4) is 0 Å². The van der Waals surface area contributed by atoms with Gasteiger partial charge in [0.2, 0.25) is 0 Å². The van der Waals surface area contributed by atoms with Crippen molar-refractivity contribution in [3.63, 3.8) is 0 Å².